The van der Waals surface area contributed by atoms with Crippen LogP contribution in [0.1, 0.15) is 53.7 Å². The molecule has 0 aliphatic heterocycles. The fraction of sp³-hybridized carbons (Fsp3) is 0.269. The second kappa shape index (κ2) is 11.0. The van der Waals surface area contributed by atoms with Crippen LogP contribution in [0.3, 0.4) is 0 Å². The largest absolute Gasteiger partial charge is 0.497 e. The number of sulfone groups is 1. The smallest absolute Gasteiger partial charge is 0.251 e. The van der Waals surface area contributed by atoms with Crippen LogP contribution in [0.15, 0.2) is 83.8 Å². The van der Waals surface area contributed by atoms with E-state index in [4.69, 9.17) is 4.74 Å². The van der Waals surface area contributed by atoms with E-state index in [9.17, 15) is 13.2 Å². The number of unbranched alkanes of at least 4 members (excludes halogenated alkanes) is 1. The summed E-state index contributed by atoms with van der Waals surface area (Å²) in [4.78, 5) is 13.3. The number of rotatable bonds is 10. The van der Waals surface area contributed by atoms with Crippen molar-refractivity contribution in [1.82, 2.24) is 5.32 Å². The normalized spacial score (nSPS) is 12.2. The third-order valence-electron chi connectivity index (χ3n) is 5.32. The van der Waals surface area contributed by atoms with Gasteiger partial charge in [-0.1, -0.05) is 62.2 Å². The molecule has 3 rings (SSSR count). The first-order chi connectivity index (χ1) is 15.4. The van der Waals surface area contributed by atoms with Gasteiger partial charge in [-0.2, -0.15) is 0 Å². The highest BCUT2D eigenvalue weighted by atomic mass is 32.2. The highest BCUT2D eigenvalue weighted by Gasteiger charge is 2.18. The lowest BCUT2D eigenvalue weighted by atomic mass is 10.00. The number of hydrogen-bond donors (Lipinski definition) is 1. The molecule has 1 amide bonds. The Morgan fingerprint density at radius 2 is 1.69 bits per heavy atom. The summed E-state index contributed by atoms with van der Waals surface area (Å²) in [5.41, 5.74) is 2.03. The first kappa shape index (κ1) is 23.5. The third-order valence-corrected chi connectivity index (χ3v) is 7.02. The van der Waals surface area contributed by atoms with E-state index in [0.717, 1.165) is 30.6 Å². The van der Waals surface area contributed by atoms with Crippen LogP contribution in [-0.2, 0) is 15.6 Å². The molecule has 6 heteroatoms. The minimum absolute atomic E-state index is 0.134. The van der Waals surface area contributed by atoms with Crippen LogP contribution in [0.4, 0.5) is 0 Å². The van der Waals surface area contributed by atoms with E-state index >= 15 is 0 Å². The molecule has 3 aromatic carbocycles. The van der Waals surface area contributed by atoms with Crippen molar-refractivity contribution < 1.29 is 17.9 Å². The van der Waals surface area contributed by atoms with Crippen molar-refractivity contribution in [3.8, 4) is 5.75 Å². The van der Waals surface area contributed by atoms with E-state index in [-0.39, 0.29) is 22.6 Å². The number of carbonyl (C=O) groups excluding carboxylic acids is 1. The summed E-state index contributed by atoms with van der Waals surface area (Å²) < 4.78 is 30.6. The van der Waals surface area contributed by atoms with Crippen LogP contribution < -0.4 is 10.1 Å². The van der Waals surface area contributed by atoms with Crippen molar-refractivity contribution in [2.24, 2.45) is 0 Å². The zero-order valence-corrected chi connectivity index (χ0v) is 19.3. The Kier molecular flexibility index (Phi) is 8.06. The van der Waals surface area contributed by atoms with E-state index in [1.54, 1.807) is 61.7 Å². The second-order valence-corrected chi connectivity index (χ2v) is 9.70. The predicted molar refractivity (Wildman–Crippen MR) is 127 cm³/mol. The lowest BCUT2D eigenvalue weighted by Crippen LogP contribution is -2.28. The zero-order valence-electron chi connectivity index (χ0n) is 18.5. The molecule has 0 bridgehead atoms. The molecule has 32 heavy (non-hydrogen) atoms. The standard InChI is InChI=1S/C26H29NO4S/c1-3-4-13-25(21-14-16-23(31-2)17-15-21)27-26(28)22-10-8-9-20(18-22)19-32(29,30)24-11-6-5-7-12-24/h5-12,14-18,25H,3-4,13,19H2,1-2H3,(H,27,28). The first-order valence-electron chi connectivity index (χ1n) is 10.7. The van der Waals surface area contributed by atoms with Crippen LogP contribution in [0.2, 0.25) is 0 Å². The molecule has 0 heterocycles. The van der Waals surface area contributed by atoms with E-state index in [1.165, 1.54) is 0 Å². The summed E-state index contributed by atoms with van der Waals surface area (Å²) in [5.74, 6) is 0.387. The molecular formula is C26H29NO4S. The maximum atomic E-state index is 13.0. The van der Waals surface area contributed by atoms with Crippen LogP contribution in [0.5, 0.6) is 5.75 Å². The van der Waals surface area contributed by atoms with Gasteiger partial charge in [-0.05, 0) is 53.9 Å². The summed E-state index contributed by atoms with van der Waals surface area (Å²) in [6.45, 7) is 2.11. The monoisotopic (exact) mass is 451 g/mol. The Morgan fingerprint density at radius 1 is 0.969 bits per heavy atom. The maximum Gasteiger partial charge on any atom is 0.251 e. The lowest BCUT2D eigenvalue weighted by molar-refractivity contribution is 0.0934. The summed E-state index contributed by atoms with van der Waals surface area (Å²) in [5, 5.41) is 3.11. The molecule has 0 aliphatic rings. The number of methoxy groups -OCH3 is 1. The number of hydrogen-bond acceptors (Lipinski definition) is 4. The zero-order chi connectivity index (χ0) is 23.0. The Bertz CT molecular complexity index is 1130. The van der Waals surface area contributed by atoms with Gasteiger partial charge >= 0.3 is 0 Å². The predicted octanol–water partition coefficient (Wildman–Crippen LogP) is 5.33. The summed E-state index contributed by atoms with van der Waals surface area (Å²) in [7, 11) is -1.86. The van der Waals surface area contributed by atoms with Crippen LogP contribution in [-0.4, -0.2) is 21.4 Å². The fourth-order valence-electron chi connectivity index (χ4n) is 3.54. The second-order valence-electron chi connectivity index (χ2n) is 7.71. The number of amides is 1. The Labute approximate surface area is 190 Å². The topological polar surface area (TPSA) is 72.5 Å². The molecule has 0 saturated carbocycles. The Balaban J connectivity index is 1.77. The number of benzene rings is 3. The quantitative estimate of drug-likeness (QED) is 0.452. The van der Waals surface area contributed by atoms with Gasteiger partial charge in [-0.25, -0.2) is 8.42 Å². The molecule has 0 fully saturated rings. The molecule has 1 atom stereocenters. The molecular weight excluding hydrogens is 422 g/mol. The van der Waals surface area contributed by atoms with Crippen LogP contribution >= 0.6 is 0 Å². The third kappa shape index (κ3) is 6.20. The van der Waals surface area contributed by atoms with Gasteiger partial charge in [0.1, 0.15) is 5.75 Å². The van der Waals surface area contributed by atoms with E-state index in [2.05, 4.69) is 12.2 Å². The van der Waals surface area contributed by atoms with Gasteiger partial charge in [0, 0.05) is 5.56 Å². The van der Waals surface area contributed by atoms with E-state index in [1.807, 2.05) is 24.3 Å². The summed E-state index contributed by atoms with van der Waals surface area (Å²) in [6.07, 6.45) is 2.82. The molecule has 3 aromatic rings. The van der Waals surface area contributed by atoms with Crippen molar-refractivity contribution >= 4 is 15.7 Å². The molecule has 168 valence electrons. The lowest BCUT2D eigenvalue weighted by Gasteiger charge is -2.20. The highest BCUT2D eigenvalue weighted by Crippen LogP contribution is 2.23. The molecule has 0 radical (unpaired) electrons. The van der Waals surface area contributed by atoms with Crippen molar-refractivity contribution in [3.05, 3.63) is 95.6 Å². The molecule has 0 aliphatic carbocycles. The van der Waals surface area contributed by atoms with Crippen molar-refractivity contribution in [2.75, 3.05) is 7.11 Å². The van der Waals surface area contributed by atoms with E-state index in [0.29, 0.717) is 11.1 Å². The molecule has 0 saturated heterocycles. The van der Waals surface area contributed by atoms with Crippen molar-refractivity contribution in [3.63, 3.8) is 0 Å². The molecule has 5 nitrogen and oxygen atoms in total. The minimum Gasteiger partial charge on any atom is -0.497 e. The van der Waals surface area contributed by atoms with E-state index < -0.39 is 9.84 Å². The van der Waals surface area contributed by atoms with Gasteiger partial charge in [0.25, 0.3) is 5.91 Å². The van der Waals surface area contributed by atoms with Gasteiger partial charge in [0.2, 0.25) is 0 Å². The maximum absolute atomic E-state index is 13.0. The first-order valence-corrected chi connectivity index (χ1v) is 12.4. The van der Waals surface area contributed by atoms with Gasteiger partial charge in [0.15, 0.2) is 9.84 Å². The van der Waals surface area contributed by atoms with Crippen molar-refractivity contribution in [2.45, 2.75) is 42.9 Å². The minimum atomic E-state index is -3.48. The molecule has 0 aromatic heterocycles. The van der Waals surface area contributed by atoms with Crippen molar-refractivity contribution in [1.29, 1.82) is 0 Å². The SMILES string of the molecule is CCCCC(NC(=O)c1cccc(CS(=O)(=O)c2ccccc2)c1)c1ccc(OC)cc1. The Hall–Kier alpha value is -3.12. The molecule has 1 unspecified atom stereocenters. The molecule has 0 spiro atoms. The Morgan fingerprint density at radius 3 is 2.34 bits per heavy atom. The van der Waals surface area contributed by atoms with Gasteiger partial charge in [-0.3, -0.25) is 4.79 Å². The van der Waals surface area contributed by atoms with Gasteiger partial charge < -0.3 is 10.1 Å². The van der Waals surface area contributed by atoms with Gasteiger partial charge in [-0.15, -0.1) is 0 Å². The average Bonchev–Trinajstić information content (AvgIpc) is 2.82. The highest BCUT2D eigenvalue weighted by molar-refractivity contribution is 7.90. The number of nitrogens with one attached hydrogen (secondary N) is 1. The fourth-order valence-corrected chi connectivity index (χ4v) is 4.90. The summed E-state index contributed by atoms with van der Waals surface area (Å²) in [6, 6.07) is 22.7. The molecule has 1 N–H and O–H groups in total. The van der Waals surface area contributed by atoms with Crippen LogP contribution in [0, 0.1) is 0 Å². The van der Waals surface area contributed by atoms with Gasteiger partial charge in [0.05, 0.1) is 23.8 Å². The number of carbonyl (C=O) groups is 1. The van der Waals surface area contributed by atoms with Crippen LogP contribution in [0.25, 0.3) is 0 Å². The number of ether oxygens (including phenoxy) is 1. The average molecular weight is 452 g/mol. The summed E-state index contributed by atoms with van der Waals surface area (Å²) >= 11 is 0.